The lowest BCUT2D eigenvalue weighted by molar-refractivity contribution is 0.569. The van der Waals surface area contributed by atoms with Crippen molar-refractivity contribution in [3.05, 3.63) is 184 Å². The lowest BCUT2D eigenvalue weighted by atomic mass is 9.78. The van der Waals surface area contributed by atoms with E-state index >= 15 is 0 Å². The maximum absolute atomic E-state index is 2.56. The van der Waals surface area contributed by atoms with Crippen molar-refractivity contribution in [2.75, 3.05) is 4.90 Å². The minimum atomic E-state index is -0.175. The molecule has 332 valence electrons. The highest BCUT2D eigenvalue weighted by Crippen LogP contribution is 2.55. The van der Waals surface area contributed by atoms with Crippen molar-refractivity contribution < 1.29 is 0 Å². The second-order valence-electron chi connectivity index (χ2n) is 24.5. The average molecular weight is 854 g/mol. The summed E-state index contributed by atoms with van der Waals surface area (Å²) in [5.74, 6) is 0. The summed E-state index contributed by atoms with van der Waals surface area (Å²) in [6.07, 6.45) is 0. The highest BCUT2D eigenvalue weighted by Gasteiger charge is 2.39. The van der Waals surface area contributed by atoms with E-state index in [4.69, 9.17) is 0 Å². The summed E-state index contributed by atoms with van der Waals surface area (Å²) in [6, 6.07) is 54.6. The number of benzene rings is 7. The zero-order valence-electron chi connectivity index (χ0n) is 42.2. The van der Waals surface area contributed by atoms with Crippen molar-refractivity contribution in [1.29, 1.82) is 0 Å². The Hall–Kier alpha value is -5.66. The Morgan fingerprint density at radius 3 is 1.32 bits per heavy atom. The minimum absolute atomic E-state index is 0.00689. The van der Waals surface area contributed by atoms with Crippen LogP contribution in [-0.2, 0) is 32.5 Å². The molecule has 65 heavy (non-hydrogen) atoms. The number of rotatable bonds is 5. The summed E-state index contributed by atoms with van der Waals surface area (Å²) in [6.45, 7) is 37.5. The number of nitrogens with zero attached hydrogens (tertiary/aromatic N) is 1. The zero-order chi connectivity index (χ0) is 46.8. The Bertz CT molecular complexity index is 2980. The van der Waals surface area contributed by atoms with Crippen LogP contribution in [0.25, 0.3) is 44.5 Å². The molecule has 2 aliphatic rings. The molecule has 9 rings (SSSR count). The summed E-state index contributed by atoms with van der Waals surface area (Å²) < 4.78 is 0. The first kappa shape index (κ1) is 44.5. The molecule has 0 saturated heterocycles. The number of fused-ring (bicyclic) bond motifs is 6. The Morgan fingerprint density at radius 1 is 0.308 bits per heavy atom. The predicted octanol–water partition coefficient (Wildman–Crippen LogP) is 18.3. The van der Waals surface area contributed by atoms with Gasteiger partial charge in [0.2, 0.25) is 0 Å². The summed E-state index contributed by atoms with van der Waals surface area (Å²) in [5.41, 5.74) is 24.5. The van der Waals surface area contributed by atoms with Gasteiger partial charge in [-0.3, -0.25) is 0 Å². The first-order valence-electron chi connectivity index (χ1n) is 24.0. The molecule has 7 aromatic carbocycles. The van der Waals surface area contributed by atoms with Crippen LogP contribution >= 0.6 is 0 Å². The molecule has 0 unspecified atom stereocenters. The molecule has 0 bridgehead atoms. The molecule has 1 nitrogen and oxygen atoms in total. The van der Waals surface area contributed by atoms with E-state index in [0.717, 1.165) is 0 Å². The van der Waals surface area contributed by atoms with Crippen molar-refractivity contribution in [2.24, 2.45) is 0 Å². The van der Waals surface area contributed by atoms with E-state index in [1.165, 1.54) is 106 Å². The first-order valence-corrected chi connectivity index (χ1v) is 24.0. The van der Waals surface area contributed by atoms with E-state index in [2.05, 4.69) is 255 Å². The van der Waals surface area contributed by atoms with Gasteiger partial charge in [0.05, 0.1) is 5.69 Å². The van der Waals surface area contributed by atoms with E-state index in [0.29, 0.717) is 0 Å². The van der Waals surface area contributed by atoms with Crippen LogP contribution in [0.5, 0.6) is 0 Å². The largest absolute Gasteiger partial charge is 0.310 e. The number of anilines is 3. The fourth-order valence-corrected chi connectivity index (χ4v) is 10.5. The summed E-state index contributed by atoms with van der Waals surface area (Å²) in [5, 5.41) is 0. The van der Waals surface area contributed by atoms with Crippen LogP contribution in [0, 0.1) is 0 Å². The third kappa shape index (κ3) is 7.67. The van der Waals surface area contributed by atoms with Crippen LogP contribution in [0.15, 0.2) is 140 Å². The van der Waals surface area contributed by atoms with Gasteiger partial charge in [-0.2, -0.15) is 0 Å². The van der Waals surface area contributed by atoms with Gasteiger partial charge >= 0.3 is 0 Å². The Kier molecular flexibility index (Phi) is 10.2. The van der Waals surface area contributed by atoms with Gasteiger partial charge in [0.15, 0.2) is 0 Å². The molecule has 0 fully saturated rings. The molecule has 0 spiro atoms. The molecule has 1 heteroatoms. The second-order valence-corrected chi connectivity index (χ2v) is 24.5. The smallest absolute Gasteiger partial charge is 0.0540 e. The van der Waals surface area contributed by atoms with E-state index in [1.807, 2.05) is 0 Å². The standard InChI is InChI=1S/C64H71N/c1-59(2,3)43-21-19-20-41(32-43)53-35-40(42-33-45(61(7,8)9)36-46(34-42)62(10,11)12)24-31-58(53)65(47-26-29-51-49-22-17-18-23-54(49)63(13,14)56(51)38-47)48-27-30-52-50-28-25-44(60(4,5)6)37-55(50)64(15,16)57(52)39-48/h17-39H,1-16H3. The van der Waals surface area contributed by atoms with Crippen LogP contribution in [0.1, 0.15) is 155 Å². The lowest BCUT2D eigenvalue weighted by Gasteiger charge is -2.32. The molecule has 0 atom stereocenters. The van der Waals surface area contributed by atoms with Crippen molar-refractivity contribution in [3.8, 4) is 44.5 Å². The van der Waals surface area contributed by atoms with Crippen LogP contribution in [0.2, 0.25) is 0 Å². The maximum atomic E-state index is 2.56. The first-order chi connectivity index (χ1) is 30.2. The van der Waals surface area contributed by atoms with Crippen molar-refractivity contribution in [1.82, 2.24) is 0 Å². The quantitative estimate of drug-likeness (QED) is 0.167. The second kappa shape index (κ2) is 14.9. The van der Waals surface area contributed by atoms with Crippen LogP contribution in [-0.4, -0.2) is 0 Å². The van der Waals surface area contributed by atoms with Gasteiger partial charge in [0, 0.05) is 27.8 Å². The fourth-order valence-electron chi connectivity index (χ4n) is 10.5. The Morgan fingerprint density at radius 2 is 0.769 bits per heavy atom. The fraction of sp³-hybridized carbons (Fsp3) is 0.344. The average Bonchev–Trinajstić information content (AvgIpc) is 3.61. The van der Waals surface area contributed by atoms with E-state index in [1.54, 1.807) is 0 Å². The summed E-state index contributed by atoms with van der Waals surface area (Å²) in [4.78, 5) is 2.56. The molecule has 0 N–H and O–H groups in total. The van der Waals surface area contributed by atoms with Gasteiger partial charge < -0.3 is 4.90 Å². The molecular weight excluding hydrogens is 783 g/mol. The highest BCUT2D eigenvalue weighted by atomic mass is 15.1. The van der Waals surface area contributed by atoms with E-state index < -0.39 is 0 Å². The summed E-state index contributed by atoms with van der Waals surface area (Å²) in [7, 11) is 0. The molecule has 0 amide bonds. The van der Waals surface area contributed by atoms with Gasteiger partial charge in [0.1, 0.15) is 0 Å². The van der Waals surface area contributed by atoms with Crippen LogP contribution < -0.4 is 4.90 Å². The SMILES string of the molecule is CC(C)(C)c1cccc(-c2cc(-c3cc(C(C)(C)C)cc(C(C)(C)C)c3)ccc2N(c2ccc3c(c2)C(C)(C)c2ccccc2-3)c2ccc3c(c2)C(C)(C)c2cc(C(C)(C)C)ccc2-3)c1. The van der Waals surface area contributed by atoms with Gasteiger partial charge in [-0.15, -0.1) is 0 Å². The van der Waals surface area contributed by atoms with Crippen molar-refractivity contribution >= 4 is 17.1 Å². The van der Waals surface area contributed by atoms with Crippen LogP contribution in [0.4, 0.5) is 17.1 Å². The predicted molar refractivity (Wildman–Crippen MR) is 282 cm³/mol. The van der Waals surface area contributed by atoms with Crippen molar-refractivity contribution in [3.63, 3.8) is 0 Å². The van der Waals surface area contributed by atoms with Gasteiger partial charge in [0.25, 0.3) is 0 Å². The normalized spacial score (nSPS) is 15.0. The Balaban J connectivity index is 1.32. The minimum Gasteiger partial charge on any atom is -0.310 e. The molecule has 2 aliphatic carbocycles. The molecule has 0 aromatic heterocycles. The third-order valence-electron chi connectivity index (χ3n) is 14.9. The van der Waals surface area contributed by atoms with E-state index in [-0.39, 0.29) is 32.5 Å². The van der Waals surface area contributed by atoms with E-state index in [9.17, 15) is 0 Å². The molecule has 0 aliphatic heterocycles. The number of hydrogen-bond acceptors (Lipinski definition) is 1. The number of hydrogen-bond donors (Lipinski definition) is 0. The topological polar surface area (TPSA) is 3.24 Å². The maximum Gasteiger partial charge on any atom is 0.0540 e. The monoisotopic (exact) mass is 854 g/mol. The molecular formula is C64H71N. The van der Waals surface area contributed by atoms with Gasteiger partial charge in [-0.05, 0) is 142 Å². The molecule has 0 radical (unpaired) electrons. The Labute approximate surface area is 392 Å². The lowest BCUT2D eigenvalue weighted by Crippen LogP contribution is -2.19. The van der Waals surface area contributed by atoms with Crippen molar-refractivity contribution in [2.45, 2.75) is 143 Å². The zero-order valence-corrected chi connectivity index (χ0v) is 42.2. The molecule has 7 aromatic rings. The van der Waals surface area contributed by atoms with Gasteiger partial charge in [-0.1, -0.05) is 214 Å². The molecule has 0 saturated carbocycles. The molecule has 0 heterocycles. The third-order valence-corrected chi connectivity index (χ3v) is 14.9. The summed E-state index contributed by atoms with van der Waals surface area (Å²) >= 11 is 0. The van der Waals surface area contributed by atoms with Crippen LogP contribution in [0.3, 0.4) is 0 Å². The van der Waals surface area contributed by atoms with Gasteiger partial charge in [-0.25, -0.2) is 0 Å². The highest BCUT2D eigenvalue weighted by molar-refractivity contribution is 5.94.